The Balaban J connectivity index is 1.69. The van der Waals surface area contributed by atoms with E-state index in [1.165, 1.54) is 12.1 Å². The molecule has 0 saturated carbocycles. The fraction of sp³-hybridized carbons (Fsp3) is 0.278. The number of halogens is 1. The highest BCUT2D eigenvalue weighted by atomic mass is 19.1. The molecule has 1 aliphatic rings. The second kappa shape index (κ2) is 6.71. The molecule has 1 amide bonds. The van der Waals surface area contributed by atoms with Crippen LogP contribution < -0.4 is 5.32 Å². The van der Waals surface area contributed by atoms with Gasteiger partial charge in [-0.25, -0.2) is 4.39 Å². The van der Waals surface area contributed by atoms with Crippen LogP contribution in [0.15, 0.2) is 48.5 Å². The first-order valence-corrected chi connectivity index (χ1v) is 7.48. The van der Waals surface area contributed by atoms with Gasteiger partial charge in [-0.15, -0.1) is 0 Å². The van der Waals surface area contributed by atoms with Gasteiger partial charge in [0.1, 0.15) is 5.82 Å². The second-order valence-electron chi connectivity index (χ2n) is 5.43. The molecule has 0 bridgehead atoms. The molecule has 1 heterocycles. The van der Waals surface area contributed by atoms with Crippen molar-refractivity contribution in [3.63, 3.8) is 0 Å². The minimum absolute atomic E-state index is 0.112. The molecule has 4 heteroatoms. The van der Waals surface area contributed by atoms with Gasteiger partial charge in [0.15, 0.2) is 0 Å². The van der Waals surface area contributed by atoms with Gasteiger partial charge in [-0.1, -0.05) is 24.3 Å². The first kappa shape index (κ1) is 14.7. The molecule has 2 aromatic rings. The number of rotatable bonds is 4. The molecule has 1 N–H and O–H groups in total. The largest absolute Gasteiger partial charge is 0.376 e. The lowest BCUT2D eigenvalue weighted by molar-refractivity contribution is 0.0858. The van der Waals surface area contributed by atoms with E-state index < -0.39 is 0 Å². The first-order chi connectivity index (χ1) is 10.7. The zero-order valence-corrected chi connectivity index (χ0v) is 12.2. The van der Waals surface area contributed by atoms with Crippen molar-refractivity contribution in [1.29, 1.82) is 0 Å². The number of carbonyl (C=O) groups is 1. The zero-order valence-electron chi connectivity index (χ0n) is 12.2. The summed E-state index contributed by atoms with van der Waals surface area (Å²) in [6, 6.07) is 13.6. The van der Waals surface area contributed by atoms with Crippen molar-refractivity contribution in [2.75, 3.05) is 13.2 Å². The van der Waals surface area contributed by atoms with Crippen molar-refractivity contribution in [2.24, 2.45) is 0 Å². The Labute approximate surface area is 129 Å². The second-order valence-corrected chi connectivity index (χ2v) is 5.43. The maximum atomic E-state index is 13.0. The number of nitrogens with one attached hydrogen (secondary N) is 1. The van der Waals surface area contributed by atoms with Crippen LogP contribution in [0.5, 0.6) is 0 Å². The molecule has 1 saturated heterocycles. The number of hydrogen-bond acceptors (Lipinski definition) is 2. The third-order valence-electron chi connectivity index (χ3n) is 3.82. The van der Waals surface area contributed by atoms with Gasteiger partial charge in [0, 0.05) is 18.7 Å². The summed E-state index contributed by atoms with van der Waals surface area (Å²) in [4.78, 5) is 12.2. The number of hydrogen-bond donors (Lipinski definition) is 1. The van der Waals surface area contributed by atoms with Crippen molar-refractivity contribution in [3.8, 4) is 11.1 Å². The van der Waals surface area contributed by atoms with Crippen molar-refractivity contribution >= 4 is 5.91 Å². The van der Waals surface area contributed by atoms with Crippen LogP contribution in [0.1, 0.15) is 23.2 Å². The summed E-state index contributed by atoms with van der Waals surface area (Å²) >= 11 is 0. The van der Waals surface area contributed by atoms with Crippen LogP contribution in [0.2, 0.25) is 0 Å². The van der Waals surface area contributed by atoms with E-state index >= 15 is 0 Å². The van der Waals surface area contributed by atoms with Crippen LogP contribution in [-0.2, 0) is 4.74 Å². The monoisotopic (exact) mass is 299 g/mol. The van der Waals surface area contributed by atoms with Gasteiger partial charge < -0.3 is 10.1 Å². The summed E-state index contributed by atoms with van der Waals surface area (Å²) in [5.41, 5.74) is 2.37. The zero-order chi connectivity index (χ0) is 15.4. The Morgan fingerprint density at radius 3 is 2.73 bits per heavy atom. The van der Waals surface area contributed by atoms with E-state index in [1.807, 2.05) is 18.2 Å². The Morgan fingerprint density at radius 1 is 1.18 bits per heavy atom. The quantitative estimate of drug-likeness (QED) is 0.939. The molecule has 3 rings (SSSR count). The Hall–Kier alpha value is -2.20. The average molecular weight is 299 g/mol. The topological polar surface area (TPSA) is 38.3 Å². The molecule has 0 aromatic heterocycles. The van der Waals surface area contributed by atoms with Gasteiger partial charge in [-0.2, -0.15) is 0 Å². The van der Waals surface area contributed by atoms with E-state index in [2.05, 4.69) is 5.32 Å². The molecular weight excluding hydrogens is 281 g/mol. The van der Waals surface area contributed by atoms with Gasteiger partial charge >= 0.3 is 0 Å². The van der Waals surface area contributed by atoms with Crippen molar-refractivity contribution < 1.29 is 13.9 Å². The van der Waals surface area contributed by atoms with Crippen LogP contribution in [0.25, 0.3) is 11.1 Å². The lowest BCUT2D eigenvalue weighted by Crippen LogP contribution is -2.31. The minimum atomic E-state index is -0.269. The Bertz CT molecular complexity index is 648. The first-order valence-electron chi connectivity index (χ1n) is 7.48. The molecule has 0 aliphatic carbocycles. The molecule has 22 heavy (non-hydrogen) atoms. The van der Waals surface area contributed by atoms with E-state index in [1.54, 1.807) is 18.2 Å². The highest BCUT2D eigenvalue weighted by Crippen LogP contribution is 2.21. The fourth-order valence-corrected chi connectivity index (χ4v) is 2.60. The molecule has 1 fully saturated rings. The highest BCUT2D eigenvalue weighted by Gasteiger charge is 2.16. The SMILES string of the molecule is O=C(NC[C@H]1CCCO1)c1cccc(-c2ccc(F)cc2)c1. The minimum Gasteiger partial charge on any atom is -0.376 e. The van der Waals surface area contributed by atoms with E-state index in [-0.39, 0.29) is 17.8 Å². The molecule has 1 atom stereocenters. The predicted molar refractivity (Wildman–Crippen MR) is 83.1 cm³/mol. The van der Waals surface area contributed by atoms with Gasteiger partial charge in [0.2, 0.25) is 0 Å². The summed E-state index contributed by atoms with van der Waals surface area (Å²) in [6.45, 7) is 1.32. The van der Waals surface area contributed by atoms with E-state index in [9.17, 15) is 9.18 Å². The summed E-state index contributed by atoms with van der Waals surface area (Å²) < 4.78 is 18.5. The highest BCUT2D eigenvalue weighted by molar-refractivity contribution is 5.95. The lowest BCUT2D eigenvalue weighted by atomic mass is 10.0. The van der Waals surface area contributed by atoms with E-state index in [0.29, 0.717) is 12.1 Å². The molecule has 0 radical (unpaired) electrons. The third-order valence-corrected chi connectivity index (χ3v) is 3.82. The van der Waals surface area contributed by atoms with Crippen LogP contribution in [0, 0.1) is 5.82 Å². The molecule has 1 aliphatic heterocycles. The Morgan fingerprint density at radius 2 is 2.00 bits per heavy atom. The van der Waals surface area contributed by atoms with Crippen LogP contribution in [0.3, 0.4) is 0 Å². The average Bonchev–Trinajstić information content (AvgIpc) is 3.07. The smallest absolute Gasteiger partial charge is 0.251 e. The molecule has 0 spiro atoms. The van der Waals surface area contributed by atoms with Gasteiger partial charge in [-0.3, -0.25) is 4.79 Å². The molecule has 0 unspecified atom stereocenters. The lowest BCUT2D eigenvalue weighted by Gasteiger charge is -2.11. The standard InChI is InChI=1S/C18H18FNO2/c19-16-8-6-13(7-9-16)14-3-1-4-15(11-14)18(21)20-12-17-5-2-10-22-17/h1,3-4,6-9,11,17H,2,5,10,12H2,(H,20,21)/t17-/m1/s1. The van der Waals surface area contributed by atoms with Gasteiger partial charge in [0.05, 0.1) is 6.10 Å². The maximum Gasteiger partial charge on any atom is 0.251 e. The number of benzene rings is 2. The summed E-state index contributed by atoms with van der Waals surface area (Å²) in [5, 5.41) is 2.90. The van der Waals surface area contributed by atoms with E-state index in [0.717, 1.165) is 30.6 Å². The predicted octanol–water partition coefficient (Wildman–Crippen LogP) is 3.40. The number of amides is 1. The van der Waals surface area contributed by atoms with E-state index in [4.69, 9.17) is 4.74 Å². The number of ether oxygens (including phenoxy) is 1. The number of carbonyl (C=O) groups excluding carboxylic acids is 1. The summed E-state index contributed by atoms with van der Waals surface area (Å²) in [5.74, 6) is -0.381. The van der Waals surface area contributed by atoms with Gasteiger partial charge in [0.25, 0.3) is 5.91 Å². The normalized spacial score (nSPS) is 17.4. The van der Waals surface area contributed by atoms with Crippen molar-refractivity contribution in [3.05, 3.63) is 59.9 Å². The molecule has 114 valence electrons. The Kier molecular flexibility index (Phi) is 4.49. The molecular formula is C18H18FNO2. The van der Waals surface area contributed by atoms with Crippen LogP contribution in [0.4, 0.5) is 4.39 Å². The van der Waals surface area contributed by atoms with Crippen molar-refractivity contribution in [2.45, 2.75) is 18.9 Å². The van der Waals surface area contributed by atoms with Crippen molar-refractivity contribution in [1.82, 2.24) is 5.32 Å². The fourth-order valence-electron chi connectivity index (χ4n) is 2.60. The van der Waals surface area contributed by atoms with Crippen LogP contribution in [-0.4, -0.2) is 25.2 Å². The maximum absolute atomic E-state index is 13.0. The molecule has 2 aromatic carbocycles. The summed E-state index contributed by atoms with van der Waals surface area (Å²) in [7, 11) is 0. The van der Waals surface area contributed by atoms with Gasteiger partial charge in [-0.05, 0) is 48.2 Å². The van der Waals surface area contributed by atoms with Crippen LogP contribution >= 0.6 is 0 Å². The summed E-state index contributed by atoms with van der Waals surface area (Å²) in [6.07, 6.45) is 2.18. The third kappa shape index (κ3) is 3.52. The molecule has 3 nitrogen and oxygen atoms in total.